The predicted octanol–water partition coefficient (Wildman–Crippen LogP) is 3.22. The zero-order valence-electron chi connectivity index (χ0n) is 13.7. The molecule has 2 aromatic rings. The van der Waals surface area contributed by atoms with Crippen molar-refractivity contribution in [2.24, 2.45) is 11.8 Å². The lowest BCUT2D eigenvalue weighted by Gasteiger charge is -2.17. The van der Waals surface area contributed by atoms with Crippen LogP contribution in [0.4, 0.5) is 0 Å². The predicted molar refractivity (Wildman–Crippen MR) is 90.5 cm³/mol. The molecule has 24 heavy (non-hydrogen) atoms. The minimum atomic E-state index is 0.171. The number of benzene rings is 1. The number of rotatable bonds is 3. The molecule has 5 rings (SSSR count). The molecule has 0 bridgehead atoms. The van der Waals surface area contributed by atoms with Gasteiger partial charge in [-0.1, -0.05) is 18.6 Å². The molecule has 124 valence electrons. The maximum absolute atomic E-state index is 12.7. The van der Waals surface area contributed by atoms with Crippen molar-refractivity contribution in [1.29, 1.82) is 0 Å². The third-order valence-corrected chi connectivity index (χ3v) is 5.87. The van der Waals surface area contributed by atoms with Gasteiger partial charge in [-0.15, -0.1) is 0 Å². The van der Waals surface area contributed by atoms with Crippen molar-refractivity contribution in [3.63, 3.8) is 0 Å². The number of aromatic nitrogens is 3. The first kappa shape index (κ1) is 14.2. The molecule has 0 unspecified atom stereocenters. The molecule has 2 aliphatic carbocycles. The molecule has 2 heterocycles. The molecule has 0 spiro atoms. The Hall–Kier alpha value is -2.17. The molecule has 3 aliphatic rings. The number of fused-ring (bicyclic) bond motifs is 1. The molecular formula is C19H22N4O. The van der Waals surface area contributed by atoms with Crippen LogP contribution in [-0.4, -0.2) is 39.1 Å². The fraction of sp³-hybridized carbons (Fsp3) is 0.526. The molecule has 0 radical (unpaired) electrons. The third kappa shape index (κ3) is 2.43. The van der Waals surface area contributed by atoms with Gasteiger partial charge in [-0.3, -0.25) is 9.89 Å². The monoisotopic (exact) mass is 322 g/mol. The third-order valence-electron chi connectivity index (χ3n) is 5.87. The Kier molecular flexibility index (Phi) is 3.21. The van der Waals surface area contributed by atoms with E-state index in [1.54, 1.807) is 0 Å². The van der Waals surface area contributed by atoms with Crippen LogP contribution in [0.3, 0.4) is 0 Å². The van der Waals surface area contributed by atoms with E-state index in [0.717, 1.165) is 47.7 Å². The summed E-state index contributed by atoms with van der Waals surface area (Å²) in [4.78, 5) is 19.3. The van der Waals surface area contributed by atoms with Crippen molar-refractivity contribution in [2.75, 3.05) is 13.1 Å². The Morgan fingerprint density at radius 3 is 2.42 bits per heavy atom. The molecule has 3 fully saturated rings. The van der Waals surface area contributed by atoms with E-state index in [9.17, 15) is 4.79 Å². The fourth-order valence-electron chi connectivity index (χ4n) is 4.29. The topological polar surface area (TPSA) is 61.9 Å². The summed E-state index contributed by atoms with van der Waals surface area (Å²) in [5, 5.41) is 7.34. The van der Waals surface area contributed by atoms with Crippen LogP contribution in [0.2, 0.25) is 0 Å². The van der Waals surface area contributed by atoms with Gasteiger partial charge in [0.1, 0.15) is 5.82 Å². The second-order valence-electron chi connectivity index (χ2n) is 7.56. The second kappa shape index (κ2) is 5.43. The zero-order valence-corrected chi connectivity index (χ0v) is 13.7. The summed E-state index contributed by atoms with van der Waals surface area (Å²) in [5.41, 5.74) is 1.74. The van der Waals surface area contributed by atoms with Crippen LogP contribution >= 0.6 is 0 Å². The van der Waals surface area contributed by atoms with Gasteiger partial charge in [-0.2, -0.15) is 5.10 Å². The van der Waals surface area contributed by atoms with E-state index in [1.807, 2.05) is 29.2 Å². The molecule has 5 heteroatoms. The minimum absolute atomic E-state index is 0.171. The summed E-state index contributed by atoms with van der Waals surface area (Å²) in [5.74, 6) is 3.94. The molecule has 1 aromatic carbocycles. The van der Waals surface area contributed by atoms with Gasteiger partial charge in [0, 0.05) is 30.1 Å². The first-order valence-corrected chi connectivity index (χ1v) is 9.10. The van der Waals surface area contributed by atoms with Crippen LogP contribution in [0.5, 0.6) is 0 Å². The quantitative estimate of drug-likeness (QED) is 0.944. The van der Waals surface area contributed by atoms with Gasteiger partial charge in [0.15, 0.2) is 5.82 Å². The van der Waals surface area contributed by atoms with Crippen LogP contribution in [0.1, 0.15) is 54.2 Å². The summed E-state index contributed by atoms with van der Waals surface area (Å²) < 4.78 is 0. The Bertz CT molecular complexity index is 750. The fourth-order valence-corrected chi connectivity index (χ4v) is 4.29. The lowest BCUT2D eigenvalue weighted by molar-refractivity contribution is 0.0780. The number of carbonyl (C=O) groups excluding carboxylic acids is 1. The highest BCUT2D eigenvalue weighted by atomic mass is 16.2. The number of amides is 1. The molecule has 2 saturated carbocycles. The van der Waals surface area contributed by atoms with E-state index < -0.39 is 0 Å². The molecule has 2 atom stereocenters. The Balaban J connectivity index is 1.31. The molecular weight excluding hydrogens is 300 g/mol. The second-order valence-corrected chi connectivity index (χ2v) is 7.56. The van der Waals surface area contributed by atoms with Gasteiger partial charge in [0.2, 0.25) is 0 Å². The van der Waals surface area contributed by atoms with E-state index in [4.69, 9.17) is 0 Å². The van der Waals surface area contributed by atoms with Gasteiger partial charge in [0.25, 0.3) is 5.91 Å². The average Bonchev–Trinajstić information content (AvgIpc) is 3.01. The Morgan fingerprint density at radius 1 is 1.04 bits per heavy atom. The van der Waals surface area contributed by atoms with Crippen molar-refractivity contribution in [2.45, 2.75) is 38.0 Å². The summed E-state index contributed by atoms with van der Waals surface area (Å²) in [6.45, 7) is 1.88. The first-order chi connectivity index (χ1) is 11.8. The normalized spacial score (nSPS) is 25.9. The van der Waals surface area contributed by atoms with Crippen molar-refractivity contribution < 1.29 is 4.79 Å². The van der Waals surface area contributed by atoms with E-state index in [1.165, 1.54) is 32.1 Å². The van der Waals surface area contributed by atoms with E-state index in [2.05, 4.69) is 15.2 Å². The highest BCUT2D eigenvalue weighted by molar-refractivity contribution is 5.94. The lowest BCUT2D eigenvalue weighted by atomic mass is 10.0. The summed E-state index contributed by atoms with van der Waals surface area (Å²) in [6, 6.07) is 7.76. The minimum Gasteiger partial charge on any atom is -0.338 e. The molecule has 1 N–H and O–H groups in total. The summed E-state index contributed by atoms with van der Waals surface area (Å²) in [6.07, 6.45) is 6.34. The largest absolute Gasteiger partial charge is 0.338 e. The van der Waals surface area contributed by atoms with Gasteiger partial charge in [0.05, 0.1) is 0 Å². The van der Waals surface area contributed by atoms with Gasteiger partial charge < -0.3 is 4.90 Å². The molecule has 1 amide bonds. The average molecular weight is 322 g/mol. The summed E-state index contributed by atoms with van der Waals surface area (Å²) >= 11 is 0. The summed E-state index contributed by atoms with van der Waals surface area (Å²) in [7, 11) is 0. The number of carbonyl (C=O) groups is 1. The Morgan fingerprint density at radius 2 is 1.75 bits per heavy atom. The van der Waals surface area contributed by atoms with Crippen molar-refractivity contribution >= 4 is 5.91 Å². The number of nitrogens with one attached hydrogen (secondary N) is 1. The van der Waals surface area contributed by atoms with Crippen LogP contribution in [0.25, 0.3) is 11.4 Å². The number of hydrogen-bond acceptors (Lipinski definition) is 3. The number of H-pyrrole nitrogens is 1. The van der Waals surface area contributed by atoms with Crippen molar-refractivity contribution in [3.05, 3.63) is 35.7 Å². The molecule has 5 nitrogen and oxygen atoms in total. The van der Waals surface area contributed by atoms with Crippen LogP contribution < -0.4 is 0 Å². The number of likely N-dealkylation sites (tertiary alicyclic amines) is 1. The van der Waals surface area contributed by atoms with Crippen molar-refractivity contribution in [1.82, 2.24) is 20.1 Å². The Labute approximate surface area is 141 Å². The molecule has 1 saturated heterocycles. The van der Waals surface area contributed by atoms with E-state index >= 15 is 0 Å². The van der Waals surface area contributed by atoms with E-state index in [-0.39, 0.29) is 5.91 Å². The van der Waals surface area contributed by atoms with Crippen LogP contribution in [-0.2, 0) is 0 Å². The number of hydrogen-bond donors (Lipinski definition) is 1. The lowest BCUT2D eigenvalue weighted by Crippen LogP contribution is -2.29. The zero-order chi connectivity index (χ0) is 16.1. The standard InChI is InChI=1S/C19H22N4O/c24-19(23-10-15-2-1-3-16(15)11-23)14-8-6-13(7-9-14)18-20-17(21-22-18)12-4-5-12/h6-9,12,15-16H,1-5,10-11H2,(H,20,21,22)/t15-,16-/m1/s1. The van der Waals surface area contributed by atoms with E-state index in [0.29, 0.717) is 5.92 Å². The number of aromatic amines is 1. The van der Waals surface area contributed by atoms with Crippen LogP contribution in [0, 0.1) is 11.8 Å². The van der Waals surface area contributed by atoms with Crippen LogP contribution in [0.15, 0.2) is 24.3 Å². The SMILES string of the molecule is O=C(c1ccc(-c2n[nH]c(C3CC3)n2)cc1)N1C[C@H]2CCC[C@@H]2C1. The number of nitrogens with zero attached hydrogens (tertiary/aromatic N) is 3. The van der Waals surface area contributed by atoms with Crippen molar-refractivity contribution in [3.8, 4) is 11.4 Å². The van der Waals surface area contributed by atoms with Gasteiger partial charge in [-0.25, -0.2) is 4.98 Å². The highest BCUT2D eigenvalue weighted by Gasteiger charge is 2.38. The maximum Gasteiger partial charge on any atom is 0.253 e. The molecule has 1 aromatic heterocycles. The smallest absolute Gasteiger partial charge is 0.253 e. The first-order valence-electron chi connectivity index (χ1n) is 9.10. The molecule has 1 aliphatic heterocycles. The van der Waals surface area contributed by atoms with Gasteiger partial charge in [-0.05, 0) is 49.7 Å². The van der Waals surface area contributed by atoms with Gasteiger partial charge >= 0.3 is 0 Å². The maximum atomic E-state index is 12.7. The highest BCUT2D eigenvalue weighted by Crippen LogP contribution is 2.39.